The van der Waals surface area contributed by atoms with E-state index in [9.17, 15) is 92.0 Å². The van der Waals surface area contributed by atoms with E-state index >= 15 is 0 Å². The van der Waals surface area contributed by atoms with Gasteiger partial charge in [0.15, 0.2) is 5.96 Å². The molecule has 114 heavy (non-hydrogen) atoms. The fraction of sp³-hybridized carbons (Fsp3) is 0.693. The minimum Gasteiger partial charge on any atom is -0.508 e. The van der Waals surface area contributed by atoms with Crippen molar-refractivity contribution in [2.45, 2.75) is 270 Å². The Morgan fingerprint density at radius 2 is 0.912 bits per heavy atom. The number of hydrogen-bond acceptors (Lipinski definition) is 21. The average Bonchev–Trinajstić information content (AvgIpc) is 1.64. The van der Waals surface area contributed by atoms with Crippen LogP contribution in [-0.4, -0.2) is 236 Å². The molecule has 0 aliphatic carbocycles. The van der Waals surface area contributed by atoms with E-state index in [1.165, 1.54) is 40.9 Å². The maximum Gasteiger partial charge on any atom is 0.326 e. The third kappa shape index (κ3) is 36.9. The summed E-state index contributed by atoms with van der Waals surface area (Å²) in [5.74, 6) is -17.6. The number of benzene rings is 1. The highest BCUT2D eigenvalue weighted by molar-refractivity contribution is 7.98. The topological polar surface area (TPSA) is 632 Å². The van der Waals surface area contributed by atoms with Gasteiger partial charge in [0.25, 0.3) is 0 Å². The Kier molecular flexibility index (Phi) is 45.5. The van der Waals surface area contributed by atoms with Gasteiger partial charge in [-0.05, 0) is 149 Å². The SMILES string of the molecule is CC[C@H](C)[C@H](NC(=O)[C@H](CCSC)NC(=O)[C@H](CC(C)C)NC(=O)[C@@H](N)CCC(=O)O)C(=O)N[C@@H](CC(C)C)C(=O)N[C@@H](CC(C)C)C(=O)N[C@@H](CCC(=O)O)C(=O)N[C@@H](Cc1ccc(O)cc1)C(=O)N[C@@H](CCCCN)C(=O)N[C@H](C(=O)N1CCC[C@H]1C(=O)N[C@@H](CCCN=C(N)N)C(=O)N[C@@H](CC(N)=O)C(=O)O)[C@@H](C)CC. The molecular weight excluding hydrogens is 1500 g/mol. The van der Waals surface area contributed by atoms with Crippen LogP contribution in [-0.2, 0) is 83.1 Å². The van der Waals surface area contributed by atoms with E-state index in [2.05, 4.69) is 63.5 Å². The molecule has 1 fully saturated rings. The number of nitrogens with zero attached hydrogens (tertiary/aromatic N) is 2. The molecule has 0 bridgehead atoms. The normalized spacial score (nSPS) is 16.3. The number of amides is 13. The first kappa shape index (κ1) is 100. The lowest BCUT2D eigenvalue weighted by atomic mass is 9.95. The second-order valence-electron chi connectivity index (χ2n) is 30.2. The Morgan fingerprint density at radius 1 is 0.500 bits per heavy atom. The van der Waals surface area contributed by atoms with Gasteiger partial charge in [-0.15, -0.1) is 0 Å². The monoisotopic (exact) mass is 1630 g/mol. The first-order valence-corrected chi connectivity index (χ1v) is 40.3. The molecule has 25 N–H and O–H groups in total. The summed E-state index contributed by atoms with van der Waals surface area (Å²) < 4.78 is 0. The smallest absolute Gasteiger partial charge is 0.326 e. The number of thioether (sulfide) groups is 1. The van der Waals surface area contributed by atoms with Gasteiger partial charge in [-0.3, -0.25) is 76.9 Å². The Balaban J connectivity index is 2.62. The molecule has 1 aliphatic rings. The van der Waals surface area contributed by atoms with Crippen LogP contribution in [0, 0.1) is 29.6 Å². The van der Waals surface area contributed by atoms with Gasteiger partial charge in [0.2, 0.25) is 76.8 Å². The molecule has 38 nitrogen and oxygen atoms in total. The highest BCUT2D eigenvalue weighted by Crippen LogP contribution is 2.24. The lowest BCUT2D eigenvalue weighted by Crippen LogP contribution is -2.62. The second-order valence-corrected chi connectivity index (χ2v) is 31.2. The van der Waals surface area contributed by atoms with Crippen molar-refractivity contribution in [3.05, 3.63) is 29.8 Å². The molecule has 2 rings (SSSR count). The molecule has 0 aromatic heterocycles. The van der Waals surface area contributed by atoms with Gasteiger partial charge < -0.3 is 112 Å². The summed E-state index contributed by atoms with van der Waals surface area (Å²) in [4.78, 5) is 225. The number of nitrogens with two attached hydrogens (primary N) is 5. The Hall–Kier alpha value is -9.92. The van der Waals surface area contributed by atoms with E-state index in [0.717, 1.165) is 0 Å². The molecule has 642 valence electrons. The molecule has 13 amide bonds. The molecule has 1 aliphatic heterocycles. The number of aliphatic imine (C=N–C) groups is 1. The van der Waals surface area contributed by atoms with Gasteiger partial charge in [0, 0.05) is 32.4 Å². The van der Waals surface area contributed by atoms with Crippen LogP contribution in [0.1, 0.15) is 190 Å². The average molecular weight is 1630 g/mol. The zero-order valence-electron chi connectivity index (χ0n) is 67.5. The Labute approximate surface area is 670 Å². The van der Waals surface area contributed by atoms with Crippen molar-refractivity contribution in [2.24, 2.45) is 63.3 Å². The number of carboxylic acid groups (broad SMARTS) is 3. The van der Waals surface area contributed by atoms with Crippen molar-refractivity contribution in [3.63, 3.8) is 0 Å². The van der Waals surface area contributed by atoms with Crippen LogP contribution in [0.5, 0.6) is 5.75 Å². The van der Waals surface area contributed by atoms with Crippen molar-refractivity contribution in [1.29, 1.82) is 0 Å². The molecule has 15 atom stereocenters. The summed E-state index contributed by atoms with van der Waals surface area (Å²) in [6.45, 7) is 17.6. The molecular formula is C75H126N18O20S. The number of aromatic hydroxyl groups is 1. The predicted molar refractivity (Wildman–Crippen MR) is 424 cm³/mol. The van der Waals surface area contributed by atoms with Crippen LogP contribution in [0.4, 0.5) is 0 Å². The molecule has 0 saturated carbocycles. The third-order valence-electron chi connectivity index (χ3n) is 19.1. The van der Waals surface area contributed by atoms with Crippen LogP contribution in [0.25, 0.3) is 0 Å². The molecule has 39 heteroatoms. The molecule has 1 heterocycles. The van der Waals surface area contributed by atoms with E-state index in [0.29, 0.717) is 30.6 Å². The fourth-order valence-corrected chi connectivity index (χ4v) is 12.9. The number of rotatable bonds is 55. The largest absolute Gasteiger partial charge is 0.508 e. The van der Waals surface area contributed by atoms with Crippen LogP contribution in [0.15, 0.2) is 29.3 Å². The van der Waals surface area contributed by atoms with E-state index in [4.69, 9.17) is 33.8 Å². The molecule has 0 spiro atoms. The number of carboxylic acids is 3. The van der Waals surface area contributed by atoms with Gasteiger partial charge in [-0.1, -0.05) is 94.2 Å². The van der Waals surface area contributed by atoms with E-state index < -0.39 is 211 Å². The number of aliphatic carboxylic acids is 3. The highest BCUT2D eigenvalue weighted by atomic mass is 32.2. The Bertz CT molecular complexity index is 3420. The number of nitrogens with one attached hydrogen (secondary N) is 11. The minimum absolute atomic E-state index is 0.00105. The minimum atomic E-state index is -1.76. The molecule has 1 aromatic rings. The lowest BCUT2D eigenvalue weighted by molar-refractivity contribution is -0.145. The summed E-state index contributed by atoms with van der Waals surface area (Å²) in [6.07, 6.45) is 0.348. The predicted octanol–water partition coefficient (Wildman–Crippen LogP) is -1.56. The summed E-state index contributed by atoms with van der Waals surface area (Å²) in [6, 6.07) is -12.9. The van der Waals surface area contributed by atoms with Gasteiger partial charge in [-0.25, -0.2) is 4.79 Å². The van der Waals surface area contributed by atoms with Crippen LogP contribution < -0.4 is 87.2 Å². The number of hydrogen-bond donors (Lipinski definition) is 20. The van der Waals surface area contributed by atoms with Gasteiger partial charge in [0.1, 0.15) is 78.3 Å². The zero-order valence-corrected chi connectivity index (χ0v) is 68.3. The summed E-state index contributed by atoms with van der Waals surface area (Å²) in [5, 5.41) is 68.1. The maximum absolute atomic E-state index is 15.0. The van der Waals surface area contributed by atoms with Gasteiger partial charge in [-0.2, -0.15) is 11.8 Å². The van der Waals surface area contributed by atoms with Crippen LogP contribution in [0.2, 0.25) is 0 Å². The summed E-state index contributed by atoms with van der Waals surface area (Å²) >= 11 is 1.37. The van der Waals surface area contributed by atoms with Crippen molar-refractivity contribution < 1.29 is 97.1 Å². The van der Waals surface area contributed by atoms with E-state index in [1.54, 1.807) is 75.5 Å². The summed E-state index contributed by atoms with van der Waals surface area (Å²) in [5.41, 5.74) is 28.4. The number of carbonyl (C=O) groups is 16. The fourth-order valence-electron chi connectivity index (χ4n) is 12.4. The number of guanidine groups is 1. The number of carbonyl (C=O) groups excluding carboxylic acids is 13. The molecule has 0 unspecified atom stereocenters. The van der Waals surface area contributed by atoms with Gasteiger partial charge in [0.05, 0.1) is 12.5 Å². The van der Waals surface area contributed by atoms with Crippen molar-refractivity contribution in [2.75, 3.05) is 31.6 Å². The molecule has 1 aromatic carbocycles. The van der Waals surface area contributed by atoms with E-state index in [-0.39, 0.29) is 126 Å². The van der Waals surface area contributed by atoms with Crippen LogP contribution >= 0.6 is 11.8 Å². The summed E-state index contributed by atoms with van der Waals surface area (Å²) in [7, 11) is 0. The molecule has 1 saturated heterocycles. The number of phenols is 1. The van der Waals surface area contributed by atoms with Crippen molar-refractivity contribution in [3.8, 4) is 5.75 Å². The number of likely N-dealkylation sites (tertiary alicyclic amines) is 1. The first-order valence-electron chi connectivity index (χ1n) is 38.9. The van der Waals surface area contributed by atoms with Crippen LogP contribution in [0.3, 0.4) is 0 Å². The number of phenolic OH excluding ortho intramolecular Hbond substituents is 1. The zero-order chi connectivity index (χ0) is 86.2. The van der Waals surface area contributed by atoms with Gasteiger partial charge >= 0.3 is 17.9 Å². The second kappa shape index (κ2) is 51.7. The quantitative estimate of drug-likeness (QED) is 0.0199. The maximum atomic E-state index is 15.0. The number of primary amides is 1. The van der Waals surface area contributed by atoms with E-state index in [1.807, 2.05) is 0 Å². The molecule has 0 radical (unpaired) electrons. The highest BCUT2D eigenvalue weighted by Gasteiger charge is 2.43. The lowest BCUT2D eigenvalue weighted by Gasteiger charge is -2.33. The Morgan fingerprint density at radius 3 is 1.39 bits per heavy atom. The first-order chi connectivity index (χ1) is 53.6. The third-order valence-corrected chi connectivity index (χ3v) is 19.8. The van der Waals surface area contributed by atoms with Crippen molar-refractivity contribution in [1.82, 2.24) is 63.4 Å². The standard InChI is InChI=1S/C75H126N18O20S/c1-12-42(9)60(91-66(104)50(29-33-114-11)84-67(105)51(34-39(3)4)86-62(100)46(77)25-27-58(96)97)72(110)89-53(36-41(7)8)69(107)87-52(35-40(5)6)68(106)83-49(26-28-59(98)99)64(102)88-54(37-44-21-23-45(94)24-22-44)70(108)82-47(18-14-15-30-76)65(103)92-61(43(10)13-2)73(111)93-32-17-20-56(93)71(109)85-48(19-16-31-81-75(79)80)63(101)90-55(74(112)113)38-57(78)95/h21-24,39-43,46-56,60-61,94H,12-20,25-38,76-77H2,1-11H3,(H2,78,95)(H,82,108)(H,83,106)(H,84,105)(H,85,109)(H,86,100)(H,87,107)(H,88,102)(H,89,110)(H,90,101)(H,91,104)(H,92,103)(H,96,97)(H,98,99)(H,112,113)(H4,79,80,81)/t42-,43-,46-,47-,48-,49-,50-,51-,52-,53-,54-,55-,56-,60-,61-/m0/s1. The number of unbranched alkanes of at least 4 members (excludes halogenated alkanes) is 1. The van der Waals surface area contributed by atoms with Crippen molar-refractivity contribution >= 4 is 112 Å².